The Morgan fingerprint density at radius 3 is 2.15 bits per heavy atom. The van der Waals surface area contributed by atoms with Crippen molar-refractivity contribution in [3.05, 3.63) is 0 Å². The van der Waals surface area contributed by atoms with Crippen molar-refractivity contribution in [3.63, 3.8) is 0 Å². The van der Waals surface area contributed by atoms with Crippen LogP contribution in [0.2, 0.25) is 0 Å². The average Bonchev–Trinajstić information content (AvgIpc) is 2.02. The van der Waals surface area contributed by atoms with Crippen LogP contribution in [0.1, 0.15) is 59.8 Å². The highest BCUT2D eigenvalue weighted by molar-refractivity contribution is 4.59. The Labute approximate surface area is 83.5 Å². The second-order valence-corrected chi connectivity index (χ2v) is 4.73. The van der Waals surface area contributed by atoms with E-state index in [1.165, 1.54) is 19.3 Å². The molecule has 1 N–H and O–H groups in total. The van der Waals surface area contributed by atoms with Gasteiger partial charge in [-0.05, 0) is 31.1 Å². The number of rotatable bonds is 7. The molecule has 2 unspecified atom stereocenters. The van der Waals surface area contributed by atoms with Crippen LogP contribution in [0, 0.1) is 11.8 Å². The van der Waals surface area contributed by atoms with Gasteiger partial charge in [-0.15, -0.1) is 0 Å². The van der Waals surface area contributed by atoms with E-state index >= 15 is 0 Å². The van der Waals surface area contributed by atoms with Crippen LogP contribution in [-0.2, 0) is 0 Å². The zero-order valence-electron chi connectivity index (χ0n) is 9.71. The molecule has 0 aliphatic heterocycles. The molecule has 0 fully saturated rings. The Hall–Kier alpha value is -0.0400. The van der Waals surface area contributed by atoms with Gasteiger partial charge in [0, 0.05) is 0 Å². The second-order valence-electron chi connectivity index (χ2n) is 4.73. The first-order valence-electron chi connectivity index (χ1n) is 5.74. The SMILES string of the molecule is CCC(O)CCCC(C)CC(C)C. The minimum absolute atomic E-state index is 0.0637. The Balaban J connectivity index is 3.31. The van der Waals surface area contributed by atoms with Gasteiger partial charge in [-0.25, -0.2) is 0 Å². The van der Waals surface area contributed by atoms with Gasteiger partial charge in [0.15, 0.2) is 0 Å². The van der Waals surface area contributed by atoms with Crippen molar-refractivity contribution in [2.75, 3.05) is 0 Å². The molecule has 0 radical (unpaired) electrons. The number of aliphatic hydroxyl groups excluding tert-OH is 1. The van der Waals surface area contributed by atoms with Crippen LogP contribution >= 0.6 is 0 Å². The standard InChI is InChI=1S/C12H26O/c1-5-12(13)8-6-7-11(4)9-10(2)3/h10-13H,5-9H2,1-4H3. The molecule has 1 heteroatoms. The number of hydrogen-bond acceptors (Lipinski definition) is 1. The van der Waals surface area contributed by atoms with E-state index in [1.807, 2.05) is 6.92 Å². The molecule has 80 valence electrons. The molecule has 13 heavy (non-hydrogen) atoms. The summed E-state index contributed by atoms with van der Waals surface area (Å²) in [7, 11) is 0. The molecule has 0 aromatic carbocycles. The highest BCUT2D eigenvalue weighted by Gasteiger charge is 2.06. The molecule has 2 atom stereocenters. The van der Waals surface area contributed by atoms with E-state index in [2.05, 4.69) is 20.8 Å². The summed E-state index contributed by atoms with van der Waals surface area (Å²) < 4.78 is 0. The van der Waals surface area contributed by atoms with Crippen molar-refractivity contribution in [1.29, 1.82) is 0 Å². The van der Waals surface area contributed by atoms with E-state index in [0.29, 0.717) is 0 Å². The van der Waals surface area contributed by atoms with Crippen LogP contribution in [0.4, 0.5) is 0 Å². The number of hydrogen-bond donors (Lipinski definition) is 1. The number of aliphatic hydroxyl groups is 1. The summed E-state index contributed by atoms with van der Waals surface area (Å²) >= 11 is 0. The maximum atomic E-state index is 9.35. The molecule has 0 aromatic rings. The van der Waals surface area contributed by atoms with Crippen molar-refractivity contribution in [1.82, 2.24) is 0 Å². The molecule has 0 saturated carbocycles. The molecule has 0 aromatic heterocycles. The summed E-state index contributed by atoms with van der Waals surface area (Å²) in [6, 6.07) is 0. The smallest absolute Gasteiger partial charge is 0.0537 e. The van der Waals surface area contributed by atoms with E-state index < -0.39 is 0 Å². The van der Waals surface area contributed by atoms with Gasteiger partial charge in [0.25, 0.3) is 0 Å². The van der Waals surface area contributed by atoms with Gasteiger partial charge < -0.3 is 5.11 Å². The molecule has 0 amide bonds. The molecule has 0 saturated heterocycles. The first-order valence-corrected chi connectivity index (χ1v) is 5.74. The zero-order valence-corrected chi connectivity index (χ0v) is 9.71. The molecule has 0 aliphatic carbocycles. The lowest BCUT2D eigenvalue weighted by atomic mass is 9.93. The average molecular weight is 186 g/mol. The Morgan fingerprint density at radius 2 is 1.69 bits per heavy atom. The highest BCUT2D eigenvalue weighted by atomic mass is 16.3. The van der Waals surface area contributed by atoms with Gasteiger partial charge in [0.1, 0.15) is 0 Å². The van der Waals surface area contributed by atoms with E-state index in [1.54, 1.807) is 0 Å². The zero-order chi connectivity index (χ0) is 10.3. The minimum Gasteiger partial charge on any atom is -0.393 e. The molecular weight excluding hydrogens is 160 g/mol. The molecule has 0 aliphatic rings. The maximum absolute atomic E-state index is 9.35. The summed E-state index contributed by atoms with van der Waals surface area (Å²) in [4.78, 5) is 0. The van der Waals surface area contributed by atoms with Gasteiger partial charge in [-0.3, -0.25) is 0 Å². The third-order valence-corrected chi connectivity index (χ3v) is 2.58. The first-order chi connectivity index (χ1) is 6.06. The van der Waals surface area contributed by atoms with Crippen molar-refractivity contribution >= 4 is 0 Å². The molecule has 1 nitrogen and oxygen atoms in total. The monoisotopic (exact) mass is 186 g/mol. The van der Waals surface area contributed by atoms with E-state index in [9.17, 15) is 5.11 Å². The molecule has 0 heterocycles. The van der Waals surface area contributed by atoms with Gasteiger partial charge >= 0.3 is 0 Å². The molecular formula is C12H26O. The Kier molecular flexibility index (Phi) is 7.35. The van der Waals surface area contributed by atoms with E-state index in [0.717, 1.165) is 24.7 Å². The summed E-state index contributed by atoms with van der Waals surface area (Å²) in [5.41, 5.74) is 0. The molecule has 0 rings (SSSR count). The van der Waals surface area contributed by atoms with Crippen LogP contribution in [-0.4, -0.2) is 11.2 Å². The fourth-order valence-corrected chi connectivity index (χ4v) is 1.83. The van der Waals surface area contributed by atoms with Gasteiger partial charge in [-0.1, -0.05) is 40.5 Å². The van der Waals surface area contributed by atoms with Gasteiger partial charge in [0.2, 0.25) is 0 Å². The van der Waals surface area contributed by atoms with E-state index in [-0.39, 0.29) is 6.10 Å². The molecule has 0 spiro atoms. The van der Waals surface area contributed by atoms with Gasteiger partial charge in [0.05, 0.1) is 6.10 Å². The third-order valence-electron chi connectivity index (χ3n) is 2.58. The van der Waals surface area contributed by atoms with Crippen molar-refractivity contribution in [2.24, 2.45) is 11.8 Å². The van der Waals surface area contributed by atoms with Crippen LogP contribution in [0.25, 0.3) is 0 Å². The Bertz CT molecular complexity index is 110. The largest absolute Gasteiger partial charge is 0.393 e. The predicted octanol–water partition coefficient (Wildman–Crippen LogP) is 3.61. The van der Waals surface area contributed by atoms with Gasteiger partial charge in [-0.2, -0.15) is 0 Å². The lowest BCUT2D eigenvalue weighted by Gasteiger charge is -2.14. The summed E-state index contributed by atoms with van der Waals surface area (Å²) in [5.74, 6) is 1.63. The lowest BCUT2D eigenvalue weighted by molar-refractivity contribution is 0.154. The predicted molar refractivity (Wildman–Crippen MR) is 58.8 cm³/mol. The van der Waals surface area contributed by atoms with E-state index in [4.69, 9.17) is 0 Å². The van der Waals surface area contributed by atoms with Crippen molar-refractivity contribution in [2.45, 2.75) is 65.9 Å². The van der Waals surface area contributed by atoms with Crippen LogP contribution < -0.4 is 0 Å². The van der Waals surface area contributed by atoms with Crippen LogP contribution in [0.5, 0.6) is 0 Å². The first kappa shape index (κ1) is 13.0. The summed E-state index contributed by atoms with van der Waals surface area (Å²) in [6.45, 7) is 8.91. The van der Waals surface area contributed by atoms with Crippen molar-refractivity contribution in [3.8, 4) is 0 Å². The third kappa shape index (κ3) is 8.29. The highest BCUT2D eigenvalue weighted by Crippen LogP contribution is 2.18. The summed E-state index contributed by atoms with van der Waals surface area (Å²) in [5, 5.41) is 9.35. The lowest BCUT2D eigenvalue weighted by Crippen LogP contribution is -2.06. The van der Waals surface area contributed by atoms with Crippen LogP contribution in [0.3, 0.4) is 0 Å². The second kappa shape index (κ2) is 7.37. The topological polar surface area (TPSA) is 20.2 Å². The fraction of sp³-hybridized carbons (Fsp3) is 1.00. The van der Waals surface area contributed by atoms with Crippen molar-refractivity contribution < 1.29 is 5.11 Å². The summed E-state index contributed by atoms with van der Waals surface area (Å²) in [6.07, 6.45) is 5.60. The minimum atomic E-state index is -0.0637. The molecule has 0 bridgehead atoms. The normalized spacial score (nSPS) is 16.2. The quantitative estimate of drug-likeness (QED) is 0.644. The Morgan fingerprint density at radius 1 is 1.08 bits per heavy atom. The fourth-order valence-electron chi connectivity index (χ4n) is 1.83. The van der Waals surface area contributed by atoms with Crippen LogP contribution in [0.15, 0.2) is 0 Å². The maximum Gasteiger partial charge on any atom is 0.0537 e.